The quantitative estimate of drug-likeness (QED) is 0.703. The molecule has 2 heterocycles. The summed E-state index contributed by atoms with van der Waals surface area (Å²) in [7, 11) is 0. The van der Waals surface area contributed by atoms with Crippen molar-refractivity contribution in [1.29, 1.82) is 0 Å². The van der Waals surface area contributed by atoms with E-state index in [9.17, 15) is 4.79 Å². The summed E-state index contributed by atoms with van der Waals surface area (Å²) in [5.41, 5.74) is 0.886. The number of carbonyl (C=O) groups is 1. The van der Waals surface area contributed by atoms with Gasteiger partial charge in [-0.05, 0) is 19.1 Å². The second-order valence-electron chi connectivity index (χ2n) is 5.41. The van der Waals surface area contributed by atoms with Crippen molar-refractivity contribution in [3.63, 3.8) is 0 Å². The van der Waals surface area contributed by atoms with E-state index in [2.05, 4.69) is 20.1 Å². The zero-order chi connectivity index (χ0) is 15.6. The lowest BCUT2D eigenvalue weighted by atomic mass is 10.3. The number of nitrogens with one attached hydrogen (secondary N) is 1. The van der Waals surface area contributed by atoms with Gasteiger partial charge in [-0.1, -0.05) is 6.07 Å². The molecule has 0 spiro atoms. The smallest absolute Gasteiger partial charge is 0.234 e. The van der Waals surface area contributed by atoms with Gasteiger partial charge in [0.2, 0.25) is 5.91 Å². The van der Waals surface area contributed by atoms with Crippen LogP contribution in [0.2, 0.25) is 0 Å². The van der Waals surface area contributed by atoms with E-state index in [1.165, 1.54) is 0 Å². The van der Waals surface area contributed by atoms with Crippen molar-refractivity contribution in [3.05, 3.63) is 30.1 Å². The fraction of sp³-hybridized carbons (Fsp3) is 0.625. The molecular weight excluding hydrogens is 280 g/mol. The summed E-state index contributed by atoms with van der Waals surface area (Å²) < 4.78 is 5.38. The average molecular weight is 306 g/mol. The SMILES string of the molecule is CCOCCN1CCN(CC(=O)NCc2ccccn2)CC1. The monoisotopic (exact) mass is 306 g/mol. The molecule has 0 radical (unpaired) electrons. The molecule has 1 aliphatic heterocycles. The van der Waals surface area contributed by atoms with Crippen LogP contribution >= 0.6 is 0 Å². The lowest BCUT2D eigenvalue weighted by Crippen LogP contribution is -2.50. The van der Waals surface area contributed by atoms with Crippen LogP contribution < -0.4 is 5.32 Å². The first-order chi connectivity index (χ1) is 10.8. The summed E-state index contributed by atoms with van der Waals surface area (Å²) in [6.07, 6.45) is 1.74. The molecule has 6 nitrogen and oxygen atoms in total. The molecule has 1 N–H and O–H groups in total. The van der Waals surface area contributed by atoms with E-state index in [4.69, 9.17) is 4.74 Å². The predicted molar refractivity (Wildman–Crippen MR) is 85.5 cm³/mol. The Labute approximate surface area is 132 Å². The molecule has 0 aromatic carbocycles. The van der Waals surface area contributed by atoms with E-state index in [0.717, 1.165) is 51.6 Å². The maximum atomic E-state index is 12.0. The zero-order valence-electron chi connectivity index (χ0n) is 13.3. The number of pyridine rings is 1. The first-order valence-corrected chi connectivity index (χ1v) is 7.97. The van der Waals surface area contributed by atoms with Crippen LogP contribution in [-0.2, 0) is 16.1 Å². The minimum atomic E-state index is 0.0634. The van der Waals surface area contributed by atoms with E-state index in [-0.39, 0.29) is 5.91 Å². The molecule has 0 saturated carbocycles. The third-order valence-corrected chi connectivity index (χ3v) is 3.78. The van der Waals surface area contributed by atoms with E-state index in [0.29, 0.717) is 13.1 Å². The summed E-state index contributed by atoms with van der Waals surface area (Å²) in [5.74, 6) is 0.0634. The van der Waals surface area contributed by atoms with Crippen LogP contribution in [0.1, 0.15) is 12.6 Å². The van der Waals surface area contributed by atoms with Crippen molar-refractivity contribution in [2.24, 2.45) is 0 Å². The van der Waals surface area contributed by atoms with Crippen LogP contribution in [0, 0.1) is 0 Å². The molecule has 122 valence electrons. The van der Waals surface area contributed by atoms with Crippen LogP contribution in [-0.4, -0.2) is 73.2 Å². The minimum Gasteiger partial charge on any atom is -0.380 e. The van der Waals surface area contributed by atoms with Crippen LogP contribution in [0.25, 0.3) is 0 Å². The number of rotatable bonds is 8. The molecule has 1 aromatic rings. The number of hydrogen-bond acceptors (Lipinski definition) is 5. The Bertz CT molecular complexity index is 433. The van der Waals surface area contributed by atoms with Crippen molar-refractivity contribution < 1.29 is 9.53 Å². The highest BCUT2D eigenvalue weighted by Gasteiger charge is 2.18. The van der Waals surface area contributed by atoms with Crippen molar-refractivity contribution in [1.82, 2.24) is 20.1 Å². The van der Waals surface area contributed by atoms with Gasteiger partial charge in [0.25, 0.3) is 0 Å². The largest absolute Gasteiger partial charge is 0.380 e. The average Bonchev–Trinajstić information content (AvgIpc) is 2.56. The number of piperazine rings is 1. The van der Waals surface area contributed by atoms with Gasteiger partial charge in [0.15, 0.2) is 0 Å². The van der Waals surface area contributed by atoms with E-state index in [1.54, 1.807) is 6.20 Å². The summed E-state index contributed by atoms with van der Waals surface area (Å²) in [6, 6.07) is 5.71. The van der Waals surface area contributed by atoms with Crippen molar-refractivity contribution in [2.75, 3.05) is 52.5 Å². The normalized spacial score (nSPS) is 16.6. The van der Waals surface area contributed by atoms with Crippen molar-refractivity contribution in [2.45, 2.75) is 13.5 Å². The lowest BCUT2D eigenvalue weighted by molar-refractivity contribution is -0.122. The van der Waals surface area contributed by atoms with Crippen LogP contribution in [0.4, 0.5) is 0 Å². The minimum absolute atomic E-state index is 0.0634. The Balaban J connectivity index is 1.60. The number of hydrogen-bond donors (Lipinski definition) is 1. The number of carbonyl (C=O) groups excluding carboxylic acids is 1. The Morgan fingerprint density at radius 1 is 1.27 bits per heavy atom. The van der Waals surface area contributed by atoms with Crippen LogP contribution in [0.15, 0.2) is 24.4 Å². The first-order valence-electron chi connectivity index (χ1n) is 7.97. The third-order valence-electron chi connectivity index (χ3n) is 3.78. The molecule has 1 aromatic heterocycles. The van der Waals surface area contributed by atoms with Crippen molar-refractivity contribution >= 4 is 5.91 Å². The van der Waals surface area contributed by atoms with E-state index in [1.807, 2.05) is 25.1 Å². The van der Waals surface area contributed by atoms with Gasteiger partial charge >= 0.3 is 0 Å². The third kappa shape index (κ3) is 6.09. The summed E-state index contributed by atoms with van der Waals surface area (Å²) in [4.78, 5) is 20.7. The Hall–Kier alpha value is -1.50. The molecule has 0 unspecified atom stereocenters. The molecule has 1 aliphatic rings. The van der Waals surface area contributed by atoms with Gasteiger partial charge in [-0.3, -0.25) is 19.6 Å². The van der Waals surface area contributed by atoms with Crippen LogP contribution in [0.5, 0.6) is 0 Å². The first kappa shape index (κ1) is 16.9. The summed E-state index contributed by atoms with van der Waals surface area (Å²) in [5, 5.41) is 2.92. The molecule has 2 rings (SSSR count). The highest BCUT2D eigenvalue weighted by atomic mass is 16.5. The van der Waals surface area contributed by atoms with Gasteiger partial charge in [-0.25, -0.2) is 0 Å². The fourth-order valence-electron chi connectivity index (χ4n) is 2.46. The maximum absolute atomic E-state index is 12.0. The predicted octanol–water partition coefficient (Wildman–Crippen LogP) is 0.352. The number of nitrogens with zero attached hydrogens (tertiary/aromatic N) is 3. The van der Waals surface area contributed by atoms with Gasteiger partial charge in [-0.2, -0.15) is 0 Å². The Kier molecular flexibility index (Phi) is 7.28. The molecule has 22 heavy (non-hydrogen) atoms. The van der Waals surface area contributed by atoms with E-state index < -0.39 is 0 Å². The summed E-state index contributed by atoms with van der Waals surface area (Å²) in [6.45, 7) is 9.39. The lowest BCUT2D eigenvalue weighted by Gasteiger charge is -2.34. The second-order valence-corrected chi connectivity index (χ2v) is 5.41. The van der Waals surface area contributed by atoms with Gasteiger partial charge in [-0.15, -0.1) is 0 Å². The Morgan fingerprint density at radius 3 is 2.73 bits per heavy atom. The highest BCUT2D eigenvalue weighted by Crippen LogP contribution is 2.01. The molecule has 1 amide bonds. The molecule has 0 atom stereocenters. The molecule has 0 aliphatic carbocycles. The van der Waals surface area contributed by atoms with Gasteiger partial charge in [0, 0.05) is 45.5 Å². The molecule has 1 saturated heterocycles. The Morgan fingerprint density at radius 2 is 2.05 bits per heavy atom. The van der Waals surface area contributed by atoms with Crippen LogP contribution in [0.3, 0.4) is 0 Å². The molecular formula is C16H26N4O2. The van der Waals surface area contributed by atoms with Crippen molar-refractivity contribution in [3.8, 4) is 0 Å². The number of amides is 1. The number of ether oxygens (including phenoxy) is 1. The van der Waals surface area contributed by atoms with E-state index >= 15 is 0 Å². The van der Waals surface area contributed by atoms with Gasteiger partial charge in [0.05, 0.1) is 25.4 Å². The molecule has 6 heteroatoms. The molecule has 0 bridgehead atoms. The second kappa shape index (κ2) is 9.50. The van der Waals surface area contributed by atoms with Gasteiger partial charge < -0.3 is 10.1 Å². The highest BCUT2D eigenvalue weighted by molar-refractivity contribution is 5.77. The standard InChI is InChI=1S/C16H26N4O2/c1-2-22-12-11-19-7-9-20(10-8-19)14-16(21)18-13-15-5-3-4-6-17-15/h3-6H,2,7-14H2,1H3,(H,18,21). The topological polar surface area (TPSA) is 57.7 Å². The molecule has 1 fully saturated rings. The summed E-state index contributed by atoms with van der Waals surface area (Å²) >= 11 is 0. The number of aromatic nitrogens is 1. The fourth-order valence-corrected chi connectivity index (χ4v) is 2.46. The maximum Gasteiger partial charge on any atom is 0.234 e. The van der Waals surface area contributed by atoms with Gasteiger partial charge in [0.1, 0.15) is 0 Å². The zero-order valence-corrected chi connectivity index (χ0v) is 13.3.